The molecule has 9 heteroatoms. The second kappa shape index (κ2) is 8.85. The fourth-order valence-electron chi connectivity index (χ4n) is 3.10. The molecule has 1 aliphatic rings. The molecule has 0 aliphatic carbocycles. The van der Waals surface area contributed by atoms with E-state index in [9.17, 15) is 9.59 Å². The number of esters is 1. The van der Waals surface area contributed by atoms with Gasteiger partial charge in [0.2, 0.25) is 0 Å². The summed E-state index contributed by atoms with van der Waals surface area (Å²) in [6.45, 7) is -0.214. The van der Waals surface area contributed by atoms with Gasteiger partial charge in [0, 0.05) is 6.42 Å². The number of carbonyl (C=O) groups excluding carboxylic acids is 2. The van der Waals surface area contributed by atoms with Crippen LogP contribution < -0.4 is 4.74 Å². The molecule has 0 spiro atoms. The fourth-order valence-corrected chi connectivity index (χ4v) is 4.32. The van der Waals surface area contributed by atoms with Crippen LogP contribution in [0.4, 0.5) is 0 Å². The zero-order valence-electron chi connectivity index (χ0n) is 15.9. The van der Waals surface area contributed by atoms with Crippen molar-refractivity contribution >= 4 is 44.9 Å². The van der Waals surface area contributed by atoms with Crippen LogP contribution in [0.15, 0.2) is 68.1 Å². The average molecular weight is 489 g/mol. The van der Waals surface area contributed by atoms with Crippen LogP contribution in [0.2, 0.25) is 0 Å². The monoisotopic (exact) mass is 488 g/mol. The molecule has 0 radical (unpaired) electrons. The van der Waals surface area contributed by atoms with Crippen molar-refractivity contribution in [1.82, 2.24) is 5.01 Å². The number of thiophene rings is 1. The number of hydrogen-bond acceptors (Lipinski definition) is 7. The van der Waals surface area contributed by atoms with E-state index in [-0.39, 0.29) is 18.6 Å². The topological polar surface area (TPSA) is 81.3 Å². The first-order valence-electron chi connectivity index (χ1n) is 9.04. The highest BCUT2D eigenvalue weighted by atomic mass is 79.9. The first kappa shape index (κ1) is 20.4. The summed E-state index contributed by atoms with van der Waals surface area (Å²) in [6.07, 6.45) is 2.15. The SMILES string of the molecule is COC(=O)c1ccc(OCC(=O)N2N=C(c3cccs3)CC2c2ccco2)c(Br)c1. The highest BCUT2D eigenvalue weighted by Crippen LogP contribution is 2.34. The van der Waals surface area contributed by atoms with Crippen LogP contribution in [-0.4, -0.2) is 36.3 Å². The molecule has 30 heavy (non-hydrogen) atoms. The van der Waals surface area contributed by atoms with Gasteiger partial charge in [-0.3, -0.25) is 4.79 Å². The number of methoxy groups -OCH3 is 1. The summed E-state index contributed by atoms with van der Waals surface area (Å²) in [5.41, 5.74) is 1.22. The summed E-state index contributed by atoms with van der Waals surface area (Å²) in [6, 6.07) is 12.0. The Morgan fingerprint density at radius 1 is 1.30 bits per heavy atom. The minimum Gasteiger partial charge on any atom is -0.483 e. The molecular weight excluding hydrogens is 472 g/mol. The van der Waals surface area contributed by atoms with Crippen molar-refractivity contribution in [3.8, 4) is 5.75 Å². The van der Waals surface area contributed by atoms with E-state index in [1.807, 2.05) is 23.6 Å². The van der Waals surface area contributed by atoms with Crippen LogP contribution in [0.3, 0.4) is 0 Å². The van der Waals surface area contributed by atoms with Crippen molar-refractivity contribution in [3.05, 3.63) is 74.8 Å². The molecule has 0 saturated carbocycles. The van der Waals surface area contributed by atoms with Crippen molar-refractivity contribution in [1.29, 1.82) is 0 Å². The lowest BCUT2D eigenvalue weighted by Crippen LogP contribution is -2.31. The standard InChI is InChI=1S/C21H17BrN2O5S/c1-27-21(26)13-6-7-17(14(22)10-13)29-12-20(25)24-16(18-4-2-8-28-18)11-15(23-24)19-5-3-9-30-19/h2-10,16H,11-12H2,1H3. The van der Waals surface area contributed by atoms with Crippen LogP contribution >= 0.6 is 27.3 Å². The third-order valence-corrected chi connectivity index (χ3v) is 6.09. The van der Waals surface area contributed by atoms with Crippen LogP contribution in [0.5, 0.6) is 5.75 Å². The van der Waals surface area contributed by atoms with Gasteiger partial charge in [0.1, 0.15) is 17.6 Å². The van der Waals surface area contributed by atoms with Crippen molar-refractivity contribution in [2.75, 3.05) is 13.7 Å². The number of rotatable bonds is 6. The summed E-state index contributed by atoms with van der Waals surface area (Å²) in [4.78, 5) is 25.6. The van der Waals surface area contributed by atoms with Gasteiger partial charge >= 0.3 is 5.97 Å². The van der Waals surface area contributed by atoms with E-state index in [0.29, 0.717) is 28.0 Å². The van der Waals surface area contributed by atoms with Crippen molar-refractivity contribution in [2.45, 2.75) is 12.5 Å². The number of furan rings is 1. The van der Waals surface area contributed by atoms with Crippen molar-refractivity contribution in [2.24, 2.45) is 5.10 Å². The van der Waals surface area contributed by atoms with Gasteiger partial charge in [-0.1, -0.05) is 6.07 Å². The first-order chi connectivity index (χ1) is 14.6. The van der Waals surface area contributed by atoms with Gasteiger partial charge in [0.05, 0.1) is 34.0 Å². The Balaban J connectivity index is 1.50. The Bertz CT molecular complexity index is 1080. The van der Waals surface area contributed by atoms with Crippen molar-refractivity contribution in [3.63, 3.8) is 0 Å². The number of nitrogens with zero attached hydrogens (tertiary/aromatic N) is 2. The molecule has 3 aromatic rings. The summed E-state index contributed by atoms with van der Waals surface area (Å²) in [5, 5.41) is 7.95. The van der Waals surface area contributed by atoms with Crippen LogP contribution in [-0.2, 0) is 9.53 Å². The lowest BCUT2D eigenvalue weighted by Gasteiger charge is -2.20. The lowest BCUT2D eigenvalue weighted by atomic mass is 10.1. The molecule has 0 fully saturated rings. The zero-order chi connectivity index (χ0) is 21.1. The third kappa shape index (κ3) is 4.17. The predicted molar refractivity (Wildman–Crippen MR) is 115 cm³/mol. The number of benzene rings is 1. The Hall–Kier alpha value is -2.91. The molecule has 0 bridgehead atoms. The van der Waals surface area contributed by atoms with Crippen LogP contribution in [0, 0.1) is 0 Å². The van der Waals surface area contributed by atoms with E-state index >= 15 is 0 Å². The normalized spacial score (nSPS) is 15.7. The minimum atomic E-state index is -0.452. The molecule has 1 unspecified atom stereocenters. The maximum absolute atomic E-state index is 12.9. The summed E-state index contributed by atoms with van der Waals surface area (Å²) < 4.78 is 16.5. The highest BCUT2D eigenvalue weighted by Gasteiger charge is 2.35. The number of amides is 1. The predicted octanol–water partition coefficient (Wildman–Crippen LogP) is 4.65. The van der Waals surface area contributed by atoms with E-state index in [1.54, 1.807) is 41.9 Å². The largest absolute Gasteiger partial charge is 0.483 e. The van der Waals surface area contributed by atoms with Crippen molar-refractivity contribution < 1.29 is 23.5 Å². The maximum atomic E-state index is 12.9. The van der Waals surface area contributed by atoms with Gasteiger partial charge in [-0.05, 0) is 57.7 Å². The zero-order valence-corrected chi connectivity index (χ0v) is 18.3. The smallest absolute Gasteiger partial charge is 0.337 e. The Morgan fingerprint density at radius 3 is 2.83 bits per heavy atom. The summed E-state index contributed by atoms with van der Waals surface area (Å²) in [7, 11) is 1.32. The van der Waals surface area contributed by atoms with E-state index in [4.69, 9.17) is 13.9 Å². The van der Waals surface area contributed by atoms with Gasteiger partial charge in [-0.25, -0.2) is 9.80 Å². The number of hydrazone groups is 1. The third-order valence-electron chi connectivity index (χ3n) is 4.55. The van der Waals surface area contributed by atoms with E-state index in [0.717, 1.165) is 10.6 Å². The number of halogens is 1. The molecule has 7 nitrogen and oxygen atoms in total. The van der Waals surface area contributed by atoms with Gasteiger partial charge in [0.25, 0.3) is 5.91 Å². The number of hydrogen-bond donors (Lipinski definition) is 0. The molecule has 1 aliphatic heterocycles. The molecule has 154 valence electrons. The molecule has 0 saturated heterocycles. The number of carbonyl (C=O) groups is 2. The average Bonchev–Trinajstić information content (AvgIpc) is 3.52. The first-order valence-corrected chi connectivity index (χ1v) is 10.7. The van der Waals surface area contributed by atoms with Gasteiger partial charge in [0.15, 0.2) is 6.61 Å². The fraction of sp³-hybridized carbons (Fsp3) is 0.190. The molecule has 1 amide bonds. The van der Waals surface area contributed by atoms with Gasteiger partial charge < -0.3 is 13.9 Å². The summed E-state index contributed by atoms with van der Waals surface area (Å²) in [5.74, 6) is 0.355. The van der Waals surface area contributed by atoms with E-state index in [1.165, 1.54) is 12.1 Å². The van der Waals surface area contributed by atoms with E-state index in [2.05, 4.69) is 21.0 Å². The maximum Gasteiger partial charge on any atom is 0.337 e. The second-order valence-corrected chi connectivity index (χ2v) is 8.23. The number of ether oxygens (including phenoxy) is 2. The molecule has 1 atom stereocenters. The Labute approximate surface area is 185 Å². The Kier molecular flexibility index (Phi) is 6.01. The summed E-state index contributed by atoms with van der Waals surface area (Å²) >= 11 is 4.93. The quantitative estimate of drug-likeness (QED) is 0.471. The van der Waals surface area contributed by atoms with Crippen LogP contribution in [0.25, 0.3) is 0 Å². The van der Waals surface area contributed by atoms with E-state index < -0.39 is 5.97 Å². The highest BCUT2D eigenvalue weighted by molar-refractivity contribution is 9.10. The van der Waals surface area contributed by atoms with Crippen LogP contribution in [0.1, 0.15) is 33.5 Å². The molecule has 2 aromatic heterocycles. The molecule has 3 heterocycles. The van der Waals surface area contributed by atoms with Gasteiger partial charge in [-0.15, -0.1) is 11.3 Å². The van der Waals surface area contributed by atoms with Gasteiger partial charge in [-0.2, -0.15) is 5.10 Å². The molecule has 0 N–H and O–H groups in total. The molecule has 1 aromatic carbocycles. The molecule has 4 rings (SSSR count). The molecular formula is C21H17BrN2O5S. The minimum absolute atomic E-state index is 0.214. The lowest BCUT2D eigenvalue weighted by molar-refractivity contribution is -0.135. The second-order valence-electron chi connectivity index (χ2n) is 6.42. The Morgan fingerprint density at radius 2 is 2.17 bits per heavy atom.